The van der Waals surface area contributed by atoms with Crippen molar-refractivity contribution >= 4 is 38.8 Å². The Labute approximate surface area is 198 Å². The van der Waals surface area contributed by atoms with Crippen LogP contribution in [0.1, 0.15) is 23.8 Å². The Morgan fingerprint density at radius 3 is 2.26 bits per heavy atom. The first-order chi connectivity index (χ1) is 16.1. The summed E-state index contributed by atoms with van der Waals surface area (Å²) in [5.41, 5.74) is 0.524. The Bertz CT molecular complexity index is 1280. The van der Waals surface area contributed by atoms with E-state index in [1.807, 2.05) is 5.32 Å². The summed E-state index contributed by atoms with van der Waals surface area (Å²) in [6.45, 7) is 0.957. The minimum absolute atomic E-state index is 0.202. The molecule has 2 heterocycles. The molecule has 0 saturated carbocycles. The number of thiazole rings is 1. The van der Waals surface area contributed by atoms with E-state index in [0.29, 0.717) is 43.8 Å². The molecule has 0 atom stereocenters. The molecule has 1 aliphatic heterocycles. The van der Waals surface area contributed by atoms with Gasteiger partial charge in [-0.15, -0.1) is 11.3 Å². The number of halogens is 3. The molecule has 2 aromatic carbocycles. The van der Waals surface area contributed by atoms with Crippen LogP contribution >= 0.6 is 11.3 Å². The van der Waals surface area contributed by atoms with Gasteiger partial charge in [-0.1, -0.05) is 12.1 Å². The second-order valence-electron chi connectivity index (χ2n) is 7.90. The van der Waals surface area contributed by atoms with Gasteiger partial charge in [0.1, 0.15) is 11.5 Å². The summed E-state index contributed by atoms with van der Waals surface area (Å²) in [5, 5.41) is 5.46. The second kappa shape index (κ2) is 9.72. The number of aromatic nitrogens is 1. The zero-order valence-electron chi connectivity index (χ0n) is 18.0. The molecule has 180 valence electrons. The van der Waals surface area contributed by atoms with E-state index < -0.39 is 39.2 Å². The summed E-state index contributed by atoms with van der Waals surface area (Å²) in [6.07, 6.45) is 4.41. The smallest absolute Gasteiger partial charge is 0.308 e. The second-order valence-corrected chi connectivity index (χ2v) is 10.9. The molecule has 1 saturated heterocycles. The molecule has 1 aliphatic rings. The highest BCUT2D eigenvalue weighted by atomic mass is 32.2. The summed E-state index contributed by atoms with van der Waals surface area (Å²) < 4.78 is 65.3. The number of amides is 2. The van der Waals surface area contributed by atoms with Crippen LogP contribution in [0.4, 0.5) is 29.3 Å². The molecular formula is C22H21F3N4O3S2. The lowest BCUT2D eigenvalue weighted by atomic mass is 9.99. The molecule has 3 aromatic rings. The topological polar surface area (TPSA) is 91.4 Å². The van der Waals surface area contributed by atoms with Crippen LogP contribution in [0.25, 0.3) is 10.4 Å². The van der Waals surface area contributed by atoms with Gasteiger partial charge in [-0.2, -0.15) is 0 Å². The van der Waals surface area contributed by atoms with Crippen molar-refractivity contribution in [1.82, 2.24) is 9.29 Å². The minimum Gasteiger partial charge on any atom is -0.308 e. The lowest BCUT2D eigenvalue weighted by Gasteiger charge is -2.29. The van der Waals surface area contributed by atoms with Crippen LogP contribution in [0.5, 0.6) is 0 Å². The fourth-order valence-corrected chi connectivity index (χ4v) is 5.67. The van der Waals surface area contributed by atoms with Gasteiger partial charge in [0.2, 0.25) is 10.0 Å². The van der Waals surface area contributed by atoms with Crippen LogP contribution < -0.4 is 10.6 Å². The molecule has 12 heteroatoms. The van der Waals surface area contributed by atoms with Crippen LogP contribution in [0, 0.1) is 17.5 Å². The molecule has 7 nitrogen and oxygen atoms in total. The number of benzene rings is 2. The summed E-state index contributed by atoms with van der Waals surface area (Å²) in [7, 11) is -3.18. The van der Waals surface area contributed by atoms with Gasteiger partial charge in [-0.3, -0.25) is 0 Å². The fourth-order valence-electron chi connectivity index (χ4n) is 3.70. The molecule has 0 unspecified atom stereocenters. The Hall–Kier alpha value is -2.96. The van der Waals surface area contributed by atoms with Crippen molar-refractivity contribution in [3.05, 3.63) is 65.1 Å². The third-order valence-electron chi connectivity index (χ3n) is 5.47. The van der Waals surface area contributed by atoms with Crippen molar-refractivity contribution in [2.24, 2.45) is 0 Å². The van der Waals surface area contributed by atoms with Gasteiger partial charge in [-0.05, 0) is 30.5 Å². The third kappa shape index (κ3) is 5.57. The lowest BCUT2D eigenvalue weighted by Crippen LogP contribution is -2.37. The first kappa shape index (κ1) is 24.2. The molecule has 1 fully saturated rings. The molecular weight excluding hydrogens is 489 g/mol. The zero-order chi connectivity index (χ0) is 24.5. The predicted molar refractivity (Wildman–Crippen MR) is 125 cm³/mol. The lowest BCUT2D eigenvalue weighted by molar-refractivity contribution is 0.262. The summed E-state index contributed by atoms with van der Waals surface area (Å²) in [5.74, 6) is -3.31. The minimum atomic E-state index is -3.18. The van der Waals surface area contributed by atoms with Crippen molar-refractivity contribution in [2.75, 3.05) is 30.0 Å². The maximum absolute atomic E-state index is 13.7. The quantitative estimate of drug-likeness (QED) is 0.505. The van der Waals surface area contributed by atoms with Gasteiger partial charge in [0.15, 0.2) is 11.6 Å². The summed E-state index contributed by atoms with van der Waals surface area (Å²) in [6, 6.07) is 6.90. The van der Waals surface area contributed by atoms with Crippen molar-refractivity contribution in [3.8, 4) is 10.4 Å². The number of carbonyl (C=O) groups excluding carboxylic acids is 1. The van der Waals surface area contributed by atoms with E-state index >= 15 is 0 Å². The van der Waals surface area contributed by atoms with E-state index in [-0.39, 0.29) is 5.92 Å². The van der Waals surface area contributed by atoms with E-state index in [1.54, 1.807) is 30.5 Å². The molecule has 34 heavy (non-hydrogen) atoms. The average molecular weight is 511 g/mol. The molecule has 0 aliphatic carbocycles. The number of hydrogen-bond acceptors (Lipinski definition) is 5. The Balaban J connectivity index is 1.37. The molecule has 1 aromatic heterocycles. The third-order valence-corrected chi connectivity index (χ3v) is 7.98. The highest BCUT2D eigenvalue weighted by Gasteiger charge is 2.27. The standard InChI is InChI=1S/C22H21F3N4O3S2/c1-34(31,32)29-8-6-14(7-9-29)21-26-12-19(33-21)13-2-4-16(5-3-13)27-22(30)28-20-17(24)10-15(23)11-18(20)25/h2-5,10-12,14H,6-9H2,1H3,(H2,27,28,30). The number of anilines is 2. The number of piperidine rings is 1. The van der Waals surface area contributed by atoms with Crippen molar-refractivity contribution < 1.29 is 26.4 Å². The number of sulfonamides is 1. The van der Waals surface area contributed by atoms with Crippen molar-refractivity contribution in [1.29, 1.82) is 0 Å². The van der Waals surface area contributed by atoms with E-state index in [2.05, 4.69) is 10.3 Å². The molecule has 0 spiro atoms. The zero-order valence-corrected chi connectivity index (χ0v) is 19.6. The Morgan fingerprint density at radius 1 is 1.06 bits per heavy atom. The number of hydrogen-bond donors (Lipinski definition) is 2. The Morgan fingerprint density at radius 2 is 1.68 bits per heavy atom. The number of nitrogens with zero attached hydrogens (tertiary/aromatic N) is 2. The van der Waals surface area contributed by atoms with Gasteiger partial charge >= 0.3 is 6.03 Å². The molecule has 0 radical (unpaired) electrons. The van der Waals surface area contributed by atoms with E-state index in [1.165, 1.54) is 21.9 Å². The molecule has 4 rings (SSSR count). The van der Waals surface area contributed by atoms with Crippen LogP contribution in [0.2, 0.25) is 0 Å². The predicted octanol–water partition coefficient (Wildman–Crippen LogP) is 5.01. The van der Waals surface area contributed by atoms with Crippen molar-refractivity contribution in [3.63, 3.8) is 0 Å². The maximum Gasteiger partial charge on any atom is 0.323 e. The van der Waals surface area contributed by atoms with Gasteiger partial charge in [-0.25, -0.2) is 35.7 Å². The number of urea groups is 1. The molecule has 2 amide bonds. The highest BCUT2D eigenvalue weighted by molar-refractivity contribution is 7.88. The van der Waals surface area contributed by atoms with Gasteiger partial charge in [0, 0.05) is 43.0 Å². The SMILES string of the molecule is CS(=O)(=O)N1CCC(c2ncc(-c3ccc(NC(=O)Nc4c(F)cc(F)cc4F)cc3)s2)CC1. The average Bonchev–Trinajstić information content (AvgIpc) is 3.26. The largest absolute Gasteiger partial charge is 0.323 e. The van der Waals surface area contributed by atoms with Crippen LogP contribution in [0.3, 0.4) is 0 Å². The number of nitrogens with one attached hydrogen (secondary N) is 2. The number of carbonyl (C=O) groups is 1. The van der Waals surface area contributed by atoms with E-state index in [4.69, 9.17) is 0 Å². The van der Waals surface area contributed by atoms with Crippen LogP contribution in [-0.2, 0) is 10.0 Å². The van der Waals surface area contributed by atoms with Gasteiger partial charge < -0.3 is 10.6 Å². The van der Waals surface area contributed by atoms with Gasteiger partial charge in [0.25, 0.3) is 0 Å². The summed E-state index contributed by atoms with van der Waals surface area (Å²) in [4.78, 5) is 17.5. The maximum atomic E-state index is 13.7. The van der Waals surface area contributed by atoms with Crippen LogP contribution in [-0.4, -0.2) is 43.1 Å². The molecule has 0 bridgehead atoms. The van der Waals surface area contributed by atoms with E-state index in [0.717, 1.165) is 15.4 Å². The van der Waals surface area contributed by atoms with Crippen LogP contribution in [0.15, 0.2) is 42.6 Å². The first-order valence-corrected chi connectivity index (χ1v) is 13.0. The number of rotatable bonds is 5. The Kier molecular flexibility index (Phi) is 6.91. The van der Waals surface area contributed by atoms with Gasteiger partial charge in [0.05, 0.1) is 16.1 Å². The monoisotopic (exact) mass is 510 g/mol. The first-order valence-electron chi connectivity index (χ1n) is 10.3. The fraction of sp³-hybridized carbons (Fsp3) is 0.273. The highest BCUT2D eigenvalue weighted by Crippen LogP contribution is 2.35. The van der Waals surface area contributed by atoms with E-state index in [9.17, 15) is 26.4 Å². The normalized spacial score (nSPS) is 15.3. The molecule has 2 N–H and O–H groups in total. The van der Waals surface area contributed by atoms with Crippen molar-refractivity contribution in [2.45, 2.75) is 18.8 Å². The summed E-state index contributed by atoms with van der Waals surface area (Å²) >= 11 is 1.53.